The maximum atomic E-state index is 5.59. The fourth-order valence-electron chi connectivity index (χ4n) is 3.69. The highest BCUT2D eigenvalue weighted by Gasteiger charge is 2.35. The molecule has 1 atom stereocenters. The average molecular weight is 277 g/mol. The molecular formula is C16H27N3O. The molecule has 1 aromatic rings. The Balaban J connectivity index is 1.67. The summed E-state index contributed by atoms with van der Waals surface area (Å²) in [5, 5.41) is 7.83. The highest BCUT2D eigenvalue weighted by atomic mass is 16.5. The fourth-order valence-corrected chi connectivity index (χ4v) is 3.69. The van der Waals surface area contributed by atoms with Gasteiger partial charge in [-0.2, -0.15) is 4.98 Å². The van der Waals surface area contributed by atoms with Gasteiger partial charge in [0.25, 0.3) is 0 Å². The number of hydrogen-bond donors (Lipinski definition) is 1. The van der Waals surface area contributed by atoms with Crippen LogP contribution in [-0.4, -0.2) is 16.7 Å². The van der Waals surface area contributed by atoms with E-state index >= 15 is 0 Å². The normalized spacial score (nSPS) is 35.1. The van der Waals surface area contributed by atoms with Crippen molar-refractivity contribution < 1.29 is 4.52 Å². The lowest BCUT2D eigenvalue weighted by Crippen LogP contribution is -2.43. The number of nitrogens with one attached hydrogen (secondary N) is 1. The highest BCUT2D eigenvalue weighted by Crippen LogP contribution is 2.37. The van der Waals surface area contributed by atoms with Gasteiger partial charge in [0, 0.05) is 5.92 Å². The zero-order chi connectivity index (χ0) is 14.0. The Morgan fingerprint density at radius 3 is 2.70 bits per heavy atom. The fraction of sp³-hybridized carbons (Fsp3) is 0.875. The summed E-state index contributed by atoms with van der Waals surface area (Å²) in [6, 6.07) is 0. The van der Waals surface area contributed by atoms with Crippen molar-refractivity contribution in [2.24, 2.45) is 5.92 Å². The van der Waals surface area contributed by atoms with Crippen molar-refractivity contribution >= 4 is 0 Å². The van der Waals surface area contributed by atoms with Gasteiger partial charge in [-0.1, -0.05) is 18.5 Å². The van der Waals surface area contributed by atoms with E-state index in [0.717, 1.165) is 30.6 Å². The lowest BCUT2D eigenvalue weighted by Gasteiger charge is -2.31. The van der Waals surface area contributed by atoms with Crippen LogP contribution in [0.5, 0.6) is 0 Å². The molecule has 2 aliphatic rings. The van der Waals surface area contributed by atoms with E-state index < -0.39 is 0 Å². The van der Waals surface area contributed by atoms with Crippen LogP contribution < -0.4 is 5.32 Å². The molecule has 2 heterocycles. The number of hydrogen-bond acceptors (Lipinski definition) is 4. The van der Waals surface area contributed by atoms with Crippen LogP contribution in [0, 0.1) is 5.92 Å². The number of nitrogens with zero attached hydrogens (tertiary/aromatic N) is 2. The molecule has 1 aliphatic carbocycles. The minimum Gasteiger partial charge on any atom is -0.337 e. The molecule has 112 valence electrons. The van der Waals surface area contributed by atoms with Crippen molar-refractivity contribution in [2.45, 2.75) is 76.7 Å². The third-order valence-electron chi connectivity index (χ3n) is 5.32. The highest BCUT2D eigenvalue weighted by molar-refractivity contribution is 5.06. The molecule has 4 nitrogen and oxygen atoms in total. The largest absolute Gasteiger partial charge is 0.337 e. The lowest BCUT2D eigenvalue weighted by molar-refractivity contribution is 0.206. The summed E-state index contributed by atoms with van der Waals surface area (Å²) in [6.45, 7) is 5.54. The minimum atomic E-state index is -0.107. The quantitative estimate of drug-likeness (QED) is 0.914. The van der Waals surface area contributed by atoms with Gasteiger partial charge in [0.15, 0.2) is 5.82 Å². The Bertz CT molecular complexity index is 429. The van der Waals surface area contributed by atoms with Gasteiger partial charge in [0.05, 0.1) is 5.54 Å². The second-order valence-electron chi connectivity index (χ2n) is 6.80. The van der Waals surface area contributed by atoms with Gasteiger partial charge in [-0.3, -0.25) is 0 Å². The van der Waals surface area contributed by atoms with Gasteiger partial charge in [0.1, 0.15) is 0 Å². The summed E-state index contributed by atoms with van der Waals surface area (Å²) in [4.78, 5) is 4.74. The molecule has 0 radical (unpaired) electrons. The molecule has 0 amide bonds. The van der Waals surface area contributed by atoms with E-state index in [1.165, 1.54) is 44.9 Å². The molecule has 1 saturated carbocycles. The van der Waals surface area contributed by atoms with Crippen LogP contribution in [0.25, 0.3) is 0 Å². The first-order valence-electron chi connectivity index (χ1n) is 8.30. The van der Waals surface area contributed by atoms with Crippen LogP contribution in [0.4, 0.5) is 0 Å². The monoisotopic (exact) mass is 277 g/mol. The van der Waals surface area contributed by atoms with Crippen LogP contribution in [0.2, 0.25) is 0 Å². The molecule has 2 fully saturated rings. The molecule has 1 unspecified atom stereocenters. The Labute approximate surface area is 121 Å². The van der Waals surface area contributed by atoms with Crippen molar-refractivity contribution in [1.82, 2.24) is 15.5 Å². The molecule has 1 aliphatic heterocycles. The van der Waals surface area contributed by atoms with Crippen LogP contribution in [0.15, 0.2) is 4.52 Å². The summed E-state index contributed by atoms with van der Waals surface area (Å²) in [7, 11) is 0. The molecule has 4 heteroatoms. The predicted octanol–water partition coefficient (Wildman–Crippen LogP) is 3.74. The van der Waals surface area contributed by atoms with E-state index in [9.17, 15) is 0 Å². The minimum absolute atomic E-state index is 0.107. The van der Waals surface area contributed by atoms with E-state index in [4.69, 9.17) is 9.51 Å². The molecule has 0 aromatic carbocycles. The third kappa shape index (κ3) is 2.76. The predicted molar refractivity (Wildman–Crippen MR) is 78.5 cm³/mol. The molecule has 0 spiro atoms. The Morgan fingerprint density at radius 1 is 1.25 bits per heavy atom. The lowest BCUT2D eigenvalue weighted by atomic mass is 9.80. The van der Waals surface area contributed by atoms with E-state index in [1.807, 2.05) is 0 Å². The van der Waals surface area contributed by atoms with Gasteiger partial charge in [0.2, 0.25) is 5.89 Å². The van der Waals surface area contributed by atoms with Crippen LogP contribution in [-0.2, 0) is 5.54 Å². The standard InChI is InChI=1S/C16H27N3O/c1-3-12-6-8-13(9-7-12)14-18-15(20-19-14)16(2)10-4-5-11-17-16/h12-13,17H,3-11H2,1-2H3. The van der Waals surface area contributed by atoms with Crippen molar-refractivity contribution in [2.75, 3.05) is 6.54 Å². The Kier molecular flexibility index (Phi) is 4.11. The number of piperidine rings is 1. The molecule has 0 bridgehead atoms. The zero-order valence-corrected chi connectivity index (χ0v) is 12.8. The SMILES string of the molecule is CCC1CCC(c2noc(C3(C)CCCCN3)n2)CC1. The van der Waals surface area contributed by atoms with Gasteiger partial charge in [-0.25, -0.2) is 0 Å². The summed E-state index contributed by atoms with van der Waals surface area (Å²) >= 11 is 0. The maximum Gasteiger partial charge on any atom is 0.246 e. The van der Waals surface area contributed by atoms with Crippen molar-refractivity contribution in [1.29, 1.82) is 0 Å². The number of rotatable bonds is 3. The molecule has 1 saturated heterocycles. The summed E-state index contributed by atoms with van der Waals surface area (Å²) in [5.41, 5.74) is -0.107. The average Bonchev–Trinajstić information content (AvgIpc) is 2.99. The van der Waals surface area contributed by atoms with Gasteiger partial charge < -0.3 is 9.84 Å². The van der Waals surface area contributed by atoms with Gasteiger partial charge in [-0.15, -0.1) is 0 Å². The van der Waals surface area contributed by atoms with Gasteiger partial charge in [-0.05, 0) is 64.3 Å². The van der Waals surface area contributed by atoms with E-state index in [0.29, 0.717) is 5.92 Å². The molecule has 1 aromatic heterocycles. The first kappa shape index (κ1) is 14.1. The van der Waals surface area contributed by atoms with Crippen LogP contribution in [0.1, 0.15) is 82.8 Å². The van der Waals surface area contributed by atoms with E-state index in [2.05, 4.69) is 24.3 Å². The molecule has 1 N–H and O–H groups in total. The van der Waals surface area contributed by atoms with Crippen LogP contribution in [0.3, 0.4) is 0 Å². The first-order chi connectivity index (χ1) is 9.71. The first-order valence-corrected chi connectivity index (χ1v) is 8.30. The van der Waals surface area contributed by atoms with Gasteiger partial charge >= 0.3 is 0 Å². The van der Waals surface area contributed by atoms with Crippen LogP contribution >= 0.6 is 0 Å². The smallest absolute Gasteiger partial charge is 0.246 e. The molecular weight excluding hydrogens is 250 g/mol. The summed E-state index contributed by atoms with van der Waals surface area (Å²) < 4.78 is 5.59. The zero-order valence-electron chi connectivity index (χ0n) is 12.8. The Hall–Kier alpha value is -0.900. The third-order valence-corrected chi connectivity index (χ3v) is 5.32. The summed E-state index contributed by atoms with van der Waals surface area (Å²) in [5.74, 6) is 3.17. The van der Waals surface area contributed by atoms with Crippen molar-refractivity contribution in [3.05, 3.63) is 11.7 Å². The maximum absolute atomic E-state index is 5.59. The summed E-state index contributed by atoms with van der Waals surface area (Å²) in [6.07, 6.45) is 9.98. The van der Waals surface area contributed by atoms with E-state index in [1.54, 1.807) is 0 Å². The second-order valence-corrected chi connectivity index (χ2v) is 6.80. The van der Waals surface area contributed by atoms with Crippen molar-refractivity contribution in [3.8, 4) is 0 Å². The topological polar surface area (TPSA) is 51.0 Å². The van der Waals surface area contributed by atoms with E-state index in [-0.39, 0.29) is 5.54 Å². The Morgan fingerprint density at radius 2 is 2.05 bits per heavy atom. The number of aromatic nitrogens is 2. The molecule has 3 rings (SSSR count). The second kappa shape index (κ2) is 5.84. The molecule has 20 heavy (non-hydrogen) atoms. The van der Waals surface area contributed by atoms with Crippen molar-refractivity contribution in [3.63, 3.8) is 0 Å².